The molecule has 0 bridgehead atoms. The predicted molar refractivity (Wildman–Crippen MR) is 122 cm³/mol. The molecule has 4 aromatic rings. The third-order valence-electron chi connectivity index (χ3n) is 5.29. The Morgan fingerprint density at radius 1 is 0.875 bits per heavy atom. The molecule has 3 aromatic carbocycles. The SMILES string of the molecule is Cc1ccc(C(=O)C(OC(=O)Cc2n[nH]c(=O)c3ccccc23)c2ccc(C)cc2)cc1. The van der Waals surface area contributed by atoms with Crippen LogP contribution in [0, 0.1) is 13.8 Å². The van der Waals surface area contributed by atoms with Crippen molar-refractivity contribution in [3.63, 3.8) is 0 Å². The Hall–Kier alpha value is -4.06. The highest BCUT2D eigenvalue weighted by Gasteiger charge is 2.27. The second-order valence-corrected chi connectivity index (χ2v) is 7.73. The fourth-order valence-electron chi connectivity index (χ4n) is 3.50. The number of hydrogen-bond donors (Lipinski definition) is 1. The first-order chi connectivity index (χ1) is 15.4. The van der Waals surface area contributed by atoms with Gasteiger partial charge in [-0.25, -0.2) is 5.10 Å². The first-order valence-corrected chi connectivity index (χ1v) is 10.3. The second kappa shape index (κ2) is 8.98. The van der Waals surface area contributed by atoms with Gasteiger partial charge in [-0.1, -0.05) is 77.9 Å². The number of nitrogens with zero attached hydrogens (tertiary/aromatic N) is 1. The molecule has 0 radical (unpaired) electrons. The van der Waals surface area contributed by atoms with Crippen molar-refractivity contribution in [2.45, 2.75) is 26.4 Å². The zero-order valence-corrected chi connectivity index (χ0v) is 17.8. The van der Waals surface area contributed by atoms with Gasteiger partial charge >= 0.3 is 5.97 Å². The lowest BCUT2D eigenvalue weighted by Crippen LogP contribution is -2.22. The molecule has 160 valence electrons. The fourth-order valence-corrected chi connectivity index (χ4v) is 3.50. The smallest absolute Gasteiger partial charge is 0.313 e. The number of carbonyl (C=O) groups excluding carboxylic acids is 2. The van der Waals surface area contributed by atoms with Crippen LogP contribution < -0.4 is 5.56 Å². The topological polar surface area (TPSA) is 89.1 Å². The molecule has 6 heteroatoms. The van der Waals surface area contributed by atoms with Crippen molar-refractivity contribution >= 4 is 22.5 Å². The molecule has 32 heavy (non-hydrogen) atoms. The van der Waals surface area contributed by atoms with E-state index in [1.54, 1.807) is 48.5 Å². The summed E-state index contributed by atoms with van der Waals surface area (Å²) >= 11 is 0. The summed E-state index contributed by atoms with van der Waals surface area (Å²) < 4.78 is 5.69. The molecular weight excluding hydrogens is 404 g/mol. The number of aromatic nitrogens is 2. The number of rotatable bonds is 6. The summed E-state index contributed by atoms with van der Waals surface area (Å²) in [5.41, 5.74) is 3.17. The molecular formula is C26H22N2O4. The lowest BCUT2D eigenvalue weighted by atomic mass is 9.98. The van der Waals surface area contributed by atoms with E-state index in [2.05, 4.69) is 10.2 Å². The van der Waals surface area contributed by atoms with Crippen LogP contribution in [0.5, 0.6) is 0 Å². The summed E-state index contributed by atoms with van der Waals surface area (Å²) in [6.45, 7) is 3.88. The largest absolute Gasteiger partial charge is 0.449 e. The van der Waals surface area contributed by atoms with Crippen LogP contribution in [0.25, 0.3) is 10.8 Å². The number of H-pyrrole nitrogens is 1. The Bertz CT molecular complexity index is 1340. The van der Waals surface area contributed by atoms with Gasteiger partial charge in [0.05, 0.1) is 17.5 Å². The first-order valence-electron chi connectivity index (χ1n) is 10.3. The van der Waals surface area contributed by atoms with E-state index in [4.69, 9.17) is 4.74 Å². The van der Waals surface area contributed by atoms with Crippen molar-refractivity contribution in [3.8, 4) is 0 Å². The summed E-state index contributed by atoms with van der Waals surface area (Å²) in [6.07, 6.45) is -1.26. The molecule has 0 aliphatic rings. The summed E-state index contributed by atoms with van der Waals surface area (Å²) in [5.74, 6) is -0.915. The molecule has 1 N–H and O–H groups in total. The average molecular weight is 426 g/mol. The van der Waals surface area contributed by atoms with Gasteiger partial charge in [0.15, 0.2) is 6.10 Å². The number of aryl methyl sites for hydroxylation is 2. The van der Waals surface area contributed by atoms with Crippen LogP contribution in [0.1, 0.15) is 38.8 Å². The summed E-state index contributed by atoms with van der Waals surface area (Å²) in [5, 5.41) is 7.46. The molecule has 0 amide bonds. The highest BCUT2D eigenvalue weighted by atomic mass is 16.5. The molecule has 0 fully saturated rings. The third kappa shape index (κ3) is 4.49. The molecule has 1 atom stereocenters. The van der Waals surface area contributed by atoms with Gasteiger partial charge in [0.1, 0.15) is 0 Å². The van der Waals surface area contributed by atoms with Crippen molar-refractivity contribution in [1.29, 1.82) is 0 Å². The zero-order valence-electron chi connectivity index (χ0n) is 17.8. The number of benzene rings is 3. The van der Waals surface area contributed by atoms with Crippen molar-refractivity contribution in [3.05, 3.63) is 111 Å². The van der Waals surface area contributed by atoms with E-state index in [9.17, 15) is 14.4 Å². The minimum Gasteiger partial charge on any atom is -0.449 e. The lowest BCUT2D eigenvalue weighted by Gasteiger charge is -2.18. The third-order valence-corrected chi connectivity index (χ3v) is 5.29. The van der Waals surface area contributed by atoms with Gasteiger partial charge in [-0.2, -0.15) is 5.10 Å². The van der Waals surface area contributed by atoms with Crippen LogP contribution in [0.2, 0.25) is 0 Å². The highest BCUT2D eigenvalue weighted by molar-refractivity contribution is 6.01. The summed E-state index contributed by atoms with van der Waals surface area (Å²) in [7, 11) is 0. The molecule has 0 aliphatic heterocycles. The number of Topliss-reactive ketones (excluding diaryl/α,β-unsaturated/α-hetero) is 1. The summed E-state index contributed by atoms with van der Waals surface area (Å²) in [4.78, 5) is 38.1. The maximum atomic E-state index is 13.2. The Morgan fingerprint density at radius 2 is 1.47 bits per heavy atom. The second-order valence-electron chi connectivity index (χ2n) is 7.73. The van der Waals surface area contributed by atoms with Gasteiger partial charge in [0.2, 0.25) is 5.78 Å². The zero-order chi connectivity index (χ0) is 22.7. The van der Waals surface area contributed by atoms with Crippen molar-refractivity contribution < 1.29 is 14.3 Å². The van der Waals surface area contributed by atoms with Crippen molar-refractivity contribution in [2.75, 3.05) is 0 Å². The number of aromatic amines is 1. The van der Waals surface area contributed by atoms with Crippen LogP contribution in [0.15, 0.2) is 77.6 Å². The normalized spacial score (nSPS) is 11.8. The molecule has 0 saturated heterocycles. The molecule has 0 saturated carbocycles. The molecule has 1 unspecified atom stereocenters. The molecule has 4 rings (SSSR count). The van der Waals surface area contributed by atoms with Crippen molar-refractivity contribution in [2.24, 2.45) is 0 Å². The maximum Gasteiger partial charge on any atom is 0.313 e. The number of ether oxygens (including phenoxy) is 1. The van der Waals surface area contributed by atoms with Crippen LogP contribution in [-0.2, 0) is 16.0 Å². The highest BCUT2D eigenvalue weighted by Crippen LogP contribution is 2.25. The molecule has 0 aliphatic carbocycles. The number of ketones is 1. The van der Waals surface area contributed by atoms with Gasteiger partial charge in [-0.05, 0) is 19.9 Å². The number of esters is 1. The van der Waals surface area contributed by atoms with Crippen LogP contribution in [0.3, 0.4) is 0 Å². The van der Waals surface area contributed by atoms with E-state index in [1.165, 1.54) is 0 Å². The van der Waals surface area contributed by atoms with E-state index in [0.29, 0.717) is 27.6 Å². The lowest BCUT2D eigenvalue weighted by molar-refractivity contribution is -0.146. The summed E-state index contributed by atoms with van der Waals surface area (Å²) in [6, 6.07) is 21.4. The minimum atomic E-state index is -1.08. The van der Waals surface area contributed by atoms with Gasteiger partial charge in [0.25, 0.3) is 5.56 Å². The van der Waals surface area contributed by atoms with Crippen LogP contribution >= 0.6 is 0 Å². The fraction of sp³-hybridized carbons (Fsp3) is 0.154. The van der Waals surface area contributed by atoms with Crippen molar-refractivity contribution in [1.82, 2.24) is 10.2 Å². The first kappa shape index (κ1) is 21.2. The van der Waals surface area contributed by atoms with E-state index >= 15 is 0 Å². The van der Waals surface area contributed by atoms with E-state index in [1.807, 2.05) is 38.1 Å². The molecule has 0 spiro atoms. The average Bonchev–Trinajstić information content (AvgIpc) is 2.80. The minimum absolute atomic E-state index is 0.180. The number of nitrogens with one attached hydrogen (secondary N) is 1. The predicted octanol–water partition coefficient (Wildman–Crippen LogP) is 4.25. The van der Waals surface area contributed by atoms with Gasteiger partial charge < -0.3 is 4.74 Å². The number of carbonyl (C=O) groups is 2. The van der Waals surface area contributed by atoms with E-state index in [0.717, 1.165) is 11.1 Å². The number of hydrogen-bond acceptors (Lipinski definition) is 5. The Morgan fingerprint density at radius 3 is 2.12 bits per heavy atom. The standard InChI is InChI=1S/C26H22N2O4/c1-16-7-11-18(12-8-16)24(30)25(19-13-9-17(2)10-14-19)32-23(29)15-22-20-5-3-4-6-21(20)26(31)28-27-22/h3-14,25H,15H2,1-2H3,(H,28,31). The Kier molecular flexibility index (Phi) is 5.94. The Labute approximate surface area is 184 Å². The quantitative estimate of drug-likeness (QED) is 0.368. The Balaban J connectivity index is 1.64. The van der Waals surface area contributed by atoms with Gasteiger partial charge in [-0.15, -0.1) is 0 Å². The number of fused-ring (bicyclic) bond motifs is 1. The molecule has 6 nitrogen and oxygen atoms in total. The van der Waals surface area contributed by atoms with E-state index < -0.39 is 12.1 Å². The molecule has 1 aromatic heterocycles. The van der Waals surface area contributed by atoms with Crippen LogP contribution in [0.4, 0.5) is 0 Å². The monoisotopic (exact) mass is 426 g/mol. The molecule has 1 heterocycles. The maximum absolute atomic E-state index is 13.2. The van der Waals surface area contributed by atoms with E-state index in [-0.39, 0.29) is 17.8 Å². The van der Waals surface area contributed by atoms with Gasteiger partial charge in [0, 0.05) is 16.5 Å². The van der Waals surface area contributed by atoms with Gasteiger partial charge in [-0.3, -0.25) is 14.4 Å². The van der Waals surface area contributed by atoms with Crippen LogP contribution in [-0.4, -0.2) is 21.9 Å².